The first kappa shape index (κ1) is 13.4. The quantitative estimate of drug-likeness (QED) is 0.774. The molecule has 0 saturated heterocycles. The Bertz CT molecular complexity index is 253. The molecule has 2 fully saturated rings. The van der Waals surface area contributed by atoms with Crippen LogP contribution in [0.5, 0.6) is 0 Å². The Morgan fingerprint density at radius 3 is 2.24 bits per heavy atom. The lowest BCUT2D eigenvalue weighted by molar-refractivity contribution is 0.134. The third-order valence-corrected chi connectivity index (χ3v) is 5.34. The van der Waals surface area contributed by atoms with Crippen LogP contribution in [-0.4, -0.2) is 12.6 Å². The molecule has 1 heteroatoms. The highest BCUT2D eigenvalue weighted by molar-refractivity contribution is 5.05. The van der Waals surface area contributed by atoms with E-state index in [-0.39, 0.29) is 0 Å². The van der Waals surface area contributed by atoms with Gasteiger partial charge < -0.3 is 5.32 Å². The van der Waals surface area contributed by atoms with Crippen LogP contribution in [0.25, 0.3) is 0 Å². The van der Waals surface area contributed by atoms with Crippen molar-refractivity contribution >= 4 is 0 Å². The number of hydrogen-bond acceptors (Lipinski definition) is 1. The van der Waals surface area contributed by atoms with Gasteiger partial charge in [0.2, 0.25) is 0 Å². The van der Waals surface area contributed by atoms with Crippen molar-refractivity contribution in [2.24, 2.45) is 22.7 Å². The molecule has 1 spiro atoms. The van der Waals surface area contributed by atoms with Crippen LogP contribution in [0.4, 0.5) is 0 Å². The van der Waals surface area contributed by atoms with E-state index in [2.05, 4.69) is 39.9 Å². The molecule has 0 bridgehead atoms. The Morgan fingerprint density at radius 1 is 1.18 bits per heavy atom. The van der Waals surface area contributed by atoms with Crippen molar-refractivity contribution < 1.29 is 0 Å². The third kappa shape index (κ3) is 3.05. The topological polar surface area (TPSA) is 12.0 Å². The first-order chi connectivity index (χ1) is 7.83. The monoisotopic (exact) mass is 237 g/mol. The van der Waals surface area contributed by atoms with E-state index >= 15 is 0 Å². The summed E-state index contributed by atoms with van der Waals surface area (Å²) in [7, 11) is 0. The van der Waals surface area contributed by atoms with Crippen molar-refractivity contribution in [3.8, 4) is 0 Å². The summed E-state index contributed by atoms with van der Waals surface area (Å²) in [5.74, 6) is 1.96. The fourth-order valence-corrected chi connectivity index (χ4v) is 3.77. The maximum Gasteiger partial charge on any atom is 0.00104 e. The molecule has 2 saturated carbocycles. The van der Waals surface area contributed by atoms with E-state index in [0.717, 1.165) is 17.3 Å². The summed E-state index contributed by atoms with van der Waals surface area (Å²) in [6, 6.07) is 0.651. The van der Waals surface area contributed by atoms with Crippen LogP contribution in [0.3, 0.4) is 0 Å². The molecule has 0 aromatic carbocycles. The van der Waals surface area contributed by atoms with Crippen molar-refractivity contribution in [3.05, 3.63) is 0 Å². The summed E-state index contributed by atoms with van der Waals surface area (Å²) in [5.41, 5.74) is 1.30. The fraction of sp³-hybridized carbons (Fsp3) is 1.00. The number of hydrogen-bond donors (Lipinski definition) is 1. The van der Waals surface area contributed by atoms with Crippen LogP contribution in [0.2, 0.25) is 0 Å². The maximum absolute atomic E-state index is 3.62. The zero-order chi connectivity index (χ0) is 12.7. The average molecular weight is 237 g/mol. The molecule has 1 unspecified atom stereocenters. The minimum atomic E-state index is 0.530. The van der Waals surface area contributed by atoms with E-state index in [1.165, 1.54) is 38.6 Å². The molecule has 2 rings (SSSR count). The Morgan fingerprint density at radius 2 is 1.76 bits per heavy atom. The van der Waals surface area contributed by atoms with Gasteiger partial charge in [-0.05, 0) is 61.3 Å². The van der Waals surface area contributed by atoms with Crippen molar-refractivity contribution in [2.45, 2.75) is 72.8 Å². The Labute approximate surface area is 108 Å². The van der Waals surface area contributed by atoms with Crippen LogP contribution in [0.15, 0.2) is 0 Å². The maximum atomic E-state index is 3.62. The van der Waals surface area contributed by atoms with E-state index in [0.29, 0.717) is 11.5 Å². The van der Waals surface area contributed by atoms with E-state index in [1.807, 2.05) is 0 Å². The zero-order valence-corrected chi connectivity index (χ0v) is 12.5. The van der Waals surface area contributed by atoms with Gasteiger partial charge in [-0.3, -0.25) is 0 Å². The van der Waals surface area contributed by atoms with Crippen molar-refractivity contribution in [3.63, 3.8) is 0 Å². The molecule has 0 aromatic heterocycles. The second-order valence-corrected chi connectivity index (χ2v) is 7.97. The summed E-state index contributed by atoms with van der Waals surface area (Å²) in [4.78, 5) is 0. The van der Waals surface area contributed by atoms with Gasteiger partial charge in [-0.2, -0.15) is 0 Å². The standard InChI is InChI=1S/C16H31N/c1-12(2)17-11-14-10-16(14)8-6-13(7-9-16)15(3,4)5/h12-14,17H,6-11H2,1-5H3. The lowest BCUT2D eigenvalue weighted by Gasteiger charge is -2.37. The van der Waals surface area contributed by atoms with Gasteiger partial charge in [0.05, 0.1) is 0 Å². The molecule has 1 nitrogen and oxygen atoms in total. The summed E-state index contributed by atoms with van der Waals surface area (Å²) < 4.78 is 0. The molecule has 1 N–H and O–H groups in total. The van der Waals surface area contributed by atoms with Gasteiger partial charge in [0.25, 0.3) is 0 Å². The third-order valence-electron chi connectivity index (χ3n) is 5.34. The first-order valence-electron chi connectivity index (χ1n) is 7.57. The molecule has 2 aliphatic rings. The van der Waals surface area contributed by atoms with Gasteiger partial charge in [0.1, 0.15) is 0 Å². The van der Waals surface area contributed by atoms with Crippen LogP contribution < -0.4 is 5.32 Å². The van der Waals surface area contributed by atoms with Crippen molar-refractivity contribution in [1.82, 2.24) is 5.32 Å². The molecule has 1 atom stereocenters. The van der Waals surface area contributed by atoms with Crippen molar-refractivity contribution in [1.29, 1.82) is 0 Å². The zero-order valence-electron chi connectivity index (χ0n) is 12.5. The normalized spacial score (nSPS) is 37.8. The van der Waals surface area contributed by atoms with E-state index in [4.69, 9.17) is 0 Å². The summed E-state index contributed by atoms with van der Waals surface area (Å²) >= 11 is 0. The molecular formula is C16H31N. The average Bonchev–Trinajstić information content (AvgIpc) is 2.87. The highest BCUT2D eigenvalue weighted by atomic mass is 14.9. The minimum absolute atomic E-state index is 0.530. The fourth-order valence-electron chi connectivity index (χ4n) is 3.77. The Kier molecular flexibility index (Phi) is 3.60. The molecule has 0 aromatic rings. The molecule has 0 aliphatic heterocycles. The van der Waals surface area contributed by atoms with Gasteiger partial charge in [-0.25, -0.2) is 0 Å². The van der Waals surface area contributed by atoms with Gasteiger partial charge in [0.15, 0.2) is 0 Å². The van der Waals surface area contributed by atoms with Crippen molar-refractivity contribution in [2.75, 3.05) is 6.54 Å². The van der Waals surface area contributed by atoms with Crippen LogP contribution in [0, 0.1) is 22.7 Å². The number of nitrogens with one attached hydrogen (secondary N) is 1. The summed E-state index contributed by atoms with van der Waals surface area (Å²) in [5, 5.41) is 3.62. The molecule has 100 valence electrons. The van der Waals surface area contributed by atoms with E-state index in [9.17, 15) is 0 Å². The lowest BCUT2D eigenvalue weighted by Crippen LogP contribution is -2.30. The van der Waals surface area contributed by atoms with E-state index < -0.39 is 0 Å². The highest BCUT2D eigenvalue weighted by Gasteiger charge is 2.54. The molecule has 0 amide bonds. The Hall–Kier alpha value is -0.0400. The molecule has 0 heterocycles. The lowest BCUT2D eigenvalue weighted by atomic mass is 9.68. The second kappa shape index (κ2) is 4.57. The largest absolute Gasteiger partial charge is 0.314 e. The van der Waals surface area contributed by atoms with Gasteiger partial charge >= 0.3 is 0 Å². The number of rotatable bonds is 3. The predicted octanol–water partition coefficient (Wildman–Crippen LogP) is 4.23. The summed E-state index contributed by atoms with van der Waals surface area (Å²) in [6.45, 7) is 13.0. The molecule has 17 heavy (non-hydrogen) atoms. The molecule has 2 aliphatic carbocycles. The van der Waals surface area contributed by atoms with Gasteiger partial charge in [0, 0.05) is 6.04 Å². The van der Waals surface area contributed by atoms with Crippen LogP contribution in [0.1, 0.15) is 66.7 Å². The van der Waals surface area contributed by atoms with Gasteiger partial charge in [-0.15, -0.1) is 0 Å². The summed E-state index contributed by atoms with van der Waals surface area (Å²) in [6.07, 6.45) is 7.45. The highest BCUT2D eigenvalue weighted by Crippen LogP contribution is 2.63. The first-order valence-corrected chi connectivity index (χ1v) is 7.57. The predicted molar refractivity (Wildman–Crippen MR) is 75.1 cm³/mol. The SMILES string of the molecule is CC(C)NCC1CC12CCC(C(C)(C)C)CC2. The van der Waals surface area contributed by atoms with Gasteiger partial charge in [-0.1, -0.05) is 34.6 Å². The molecule has 0 radical (unpaired) electrons. The van der Waals surface area contributed by atoms with Crippen LogP contribution >= 0.6 is 0 Å². The molecular weight excluding hydrogens is 206 g/mol. The van der Waals surface area contributed by atoms with Crippen LogP contribution in [-0.2, 0) is 0 Å². The Balaban J connectivity index is 1.77. The minimum Gasteiger partial charge on any atom is -0.314 e. The second-order valence-electron chi connectivity index (χ2n) is 7.97. The smallest absolute Gasteiger partial charge is 0.00104 e. The van der Waals surface area contributed by atoms with E-state index in [1.54, 1.807) is 0 Å².